The third-order valence-corrected chi connectivity index (χ3v) is 5.51. The lowest BCUT2D eigenvalue weighted by molar-refractivity contribution is 0.133. The number of halogens is 2. The number of unbranched alkanes of at least 4 members (excludes halogenated alkanes) is 6. The van der Waals surface area contributed by atoms with E-state index >= 15 is 0 Å². The highest BCUT2D eigenvalue weighted by Crippen LogP contribution is 2.18. The molecule has 0 aliphatic carbocycles. The number of benzene rings is 1. The maximum Gasteiger partial charge on any atom is 0.238 e. The minimum absolute atomic E-state index is 0.0631. The third-order valence-electron chi connectivity index (χ3n) is 5.51. The van der Waals surface area contributed by atoms with Gasteiger partial charge in [-0.15, -0.1) is 0 Å². The van der Waals surface area contributed by atoms with E-state index in [-0.39, 0.29) is 6.42 Å². The Morgan fingerprint density at radius 2 is 1.65 bits per heavy atom. The number of nitrogens with zero attached hydrogens (tertiary/aromatic N) is 2. The molecule has 1 aromatic carbocycles. The molecule has 4 rings (SSSR count). The molecule has 0 bridgehead atoms. The summed E-state index contributed by atoms with van der Waals surface area (Å²) in [7, 11) is 0. The van der Waals surface area contributed by atoms with Crippen molar-refractivity contribution < 1.29 is 8.78 Å². The van der Waals surface area contributed by atoms with Crippen LogP contribution in [0.15, 0.2) is 61.1 Å². The molecular weight excluding hydrogens is 394 g/mol. The number of nitrogens with one attached hydrogen (secondary N) is 1. The Balaban J connectivity index is 0.000000225. The van der Waals surface area contributed by atoms with Crippen molar-refractivity contribution in [2.75, 3.05) is 5.84 Å². The first kappa shape index (κ1) is 22.8. The zero-order valence-corrected chi connectivity index (χ0v) is 17.9. The van der Waals surface area contributed by atoms with Crippen molar-refractivity contribution in [2.45, 2.75) is 64.2 Å². The van der Waals surface area contributed by atoms with Gasteiger partial charge in [0.05, 0.1) is 16.6 Å². The maximum atomic E-state index is 11.9. The predicted molar refractivity (Wildman–Crippen MR) is 125 cm³/mol. The highest BCUT2D eigenvalue weighted by Gasteiger charge is 2.04. The molecule has 0 unspecified atom stereocenters. The van der Waals surface area contributed by atoms with Gasteiger partial charge < -0.3 is 10.8 Å². The lowest BCUT2D eigenvalue weighted by atomic mass is 10.0. The lowest BCUT2D eigenvalue weighted by Gasteiger charge is -2.02. The summed E-state index contributed by atoms with van der Waals surface area (Å²) < 4.78 is 25.5. The second-order valence-electron chi connectivity index (χ2n) is 7.90. The van der Waals surface area contributed by atoms with Crippen LogP contribution in [0.5, 0.6) is 0 Å². The number of nitrogen functional groups attached to an aromatic ring is 1. The van der Waals surface area contributed by atoms with Gasteiger partial charge in [-0.2, -0.15) is 0 Å². The fourth-order valence-corrected chi connectivity index (χ4v) is 3.80. The van der Waals surface area contributed by atoms with Crippen molar-refractivity contribution in [2.24, 2.45) is 0 Å². The fraction of sp³-hybridized carbons (Fsp3) is 0.400. The van der Waals surface area contributed by atoms with Gasteiger partial charge in [-0.05, 0) is 49.1 Å². The molecule has 6 heteroatoms. The number of nitrogens with two attached hydrogens (primary N) is 1. The van der Waals surface area contributed by atoms with Crippen molar-refractivity contribution in [3.63, 3.8) is 0 Å². The summed E-state index contributed by atoms with van der Waals surface area (Å²) >= 11 is 0. The van der Waals surface area contributed by atoms with E-state index in [1.54, 1.807) is 4.68 Å². The molecule has 0 amide bonds. The smallest absolute Gasteiger partial charge is 0.238 e. The van der Waals surface area contributed by atoms with E-state index in [1.807, 2.05) is 54.9 Å². The number of para-hydroxylation sites is 1. The van der Waals surface area contributed by atoms with Gasteiger partial charge in [-0.25, -0.2) is 8.78 Å². The SMILES string of the molecule is FC(F)CCCCCCCCCc1c[nH]c2cccnc12.Nn1ccc2ccccc21. The van der Waals surface area contributed by atoms with Gasteiger partial charge in [-0.3, -0.25) is 9.66 Å². The maximum absolute atomic E-state index is 11.9. The van der Waals surface area contributed by atoms with Crippen LogP contribution < -0.4 is 5.84 Å². The number of fused-ring (bicyclic) bond motifs is 2. The Bertz CT molecular complexity index is 1040. The number of hydrogen-bond donors (Lipinski definition) is 2. The number of aromatic amines is 1. The van der Waals surface area contributed by atoms with E-state index in [0.717, 1.165) is 42.2 Å². The molecule has 4 aromatic rings. The van der Waals surface area contributed by atoms with Crippen LogP contribution in [0, 0.1) is 0 Å². The van der Waals surface area contributed by atoms with Crippen LogP contribution in [0.3, 0.4) is 0 Å². The van der Waals surface area contributed by atoms with E-state index in [9.17, 15) is 8.78 Å². The molecule has 0 saturated carbocycles. The molecule has 0 saturated heterocycles. The zero-order chi connectivity index (χ0) is 21.9. The average Bonchev–Trinajstić information content (AvgIpc) is 3.37. The Morgan fingerprint density at radius 3 is 2.42 bits per heavy atom. The summed E-state index contributed by atoms with van der Waals surface area (Å²) in [6, 6.07) is 14.0. The largest absolute Gasteiger partial charge is 0.360 e. The third kappa shape index (κ3) is 7.09. The Hall–Kier alpha value is -2.89. The molecule has 3 heterocycles. The van der Waals surface area contributed by atoms with Crippen LogP contribution in [0.25, 0.3) is 21.9 Å². The fourth-order valence-electron chi connectivity index (χ4n) is 3.80. The first-order chi connectivity index (χ1) is 15.1. The highest BCUT2D eigenvalue weighted by molar-refractivity contribution is 5.80. The normalized spacial score (nSPS) is 11.2. The van der Waals surface area contributed by atoms with E-state index in [1.165, 1.54) is 30.2 Å². The van der Waals surface area contributed by atoms with Crippen LogP contribution in [0.4, 0.5) is 8.78 Å². The molecule has 0 radical (unpaired) electrons. The summed E-state index contributed by atoms with van der Waals surface area (Å²) in [5.74, 6) is 5.59. The summed E-state index contributed by atoms with van der Waals surface area (Å²) in [5, 5.41) is 1.19. The molecule has 3 N–H and O–H groups in total. The summed E-state index contributed by atoms with van der Waals surface area (Å²) in [6.45, 7) is 0. The molecular formula is C25H32F2N4. The van der Waals surface area contributed by atoms with Gasteiger partial charge >= 0.3 is 0 Å². The number of H-pyrrole nitrogens is 1. The number of aromatic nitrogens is 3. The quantitative estimate of drug-likeness (QED) is 0.215. The van der Waals surface area contributed by atoms with Crippen molar-refractivity contribution in [1.29, 1.82) is 0 Å². The molecule has 0 fully saturated rings. The summed E-state index contributed by atoms with van der Waals surface area (Å²) in [6.07, 6.45) is 12.2. The number of aryl methyl sites for hydroxylation is 1. The Morgan fingerprint density at radius 1 is 0.903 bits per heavy atom. The van der Waals surface area contributed by atoms with Gasteiger partial charge in [0.1, 0.15) is 0 Å². The van der Waals surface area contributed by atoms with Crippen molar-refractivity contribution in [3.05, 3.63) is 66.6 Å². The number of alkyl halides is 2. The molecule has 0 spiro atoms. The van der Waals surface area contributed by atoms with Gasteiger partial charge in [0.15, 0.2) is 0 Å². The molecule has 0 aliphatic heterocycles. The monoisotopic (exact) mass is 426 g/mol. The number of pyridine rings is 1. The minimum Gasteiger partial charge on any atom is -0.360 e. The van der Waals surface area contributed by atoms with Gasteiger partial charge in [0.25, 0.3) is 0 Å². The number of hydrogen-bond acceptors (Lipinski definition) is 2. The number of rotatable bonds is 10. The van der Waals surface area contributed by atoms with Crippen LogP contribution >= 0.6 is 0 Å². The van der Waals surface area contributed by atoms with E-state index in [0.29, 0.717) is 6.42 Å². The van der Waals surface area contributed by atoms with Gasteiger partial charge in [0, 0.05) is 30.4 Å². The standard InChI is InChI=1S/C17H24F2N2.C8H8N2/c18-16(19)11-7-5-3-1-2-4-6-9-14-13-21-15-10-8-12-20-17(14)15;9-10-6-5-7-3-1-2-4-8(7)10/h8,10,12-13,16,21H,1-7,9,11H2;1-6H,9H2. The molecule has 3 aromatic heterocycles. The first-order valence-corrected chi connectivity index (χ1v) is 11.2. The van der Waals surface area contributed by atoms with Crippen molar-refractivity contribution >= 4 is 21.9 Å². The molecule has 0 aliphatic rings. The average molecular weight is 427 g/mol. The van der Waals surface area contributed by atoms with Crippen LogP contribution in [0.2, 0.25) is 0 Å². The summed E-state index contributed by atoms with van der Waals surface area (Å²) in [5.41, 5.74) is 4.56. The molecule has 0 atom stereocenters. The lowest BCUT2D eigenvalue weighted by Crippen LogP contribution is -2.04. The topological polar surface area (TPSA) is 59.6 Å². The molecule has 166 valence electrons. The predicted octanol–water partition coefficient (Wildman–Crippen LogP) is 6.85. The van der Waals surface area contributed by atoms with E-state index in [2.05, 4.69) is 16.2 Å². The van der Waals surface area contributed by atoms with E-state index in [4.69, 9.17) is 5.84 Å². The van der Waals surface area contributed by atoms with E-state index < -0.39 is 6.43 Å². The summed E-state index contributed by atoms with van der Waals surface area (Å²) in [4.78, 5) is 7.66. The minimum atomic E-state index is -2.13. The second-order valence-corrected chi connectivity index (χ2v) is 7.90. The van der Waals surface area contributed by atoms with Crippen LogP contribution in [-0.4, -0.2) is 21.1 Å². The van der Waals surface area contributed by atoms with Gasteiger partial charge in [0.2, 0.25) is 6.43 Å². The van der Waals surface area contributed by atoms with Gasteiger partial charge in [-0.1, -0.05) is 50.3 Å². The Labute approximate surface area is 182 Å². The van der Waals surface area contributed by atoms with Crippen molar-refractivity contribution in [1.82, 2.24) is 14.6 Å². The van der Waals surface area contributed by atoms with Crippen LogP contribution in [-0.2, 0) is 6.42 Å². The highest BCUT2D eigenvalue weighted by atomic mass is 19.3. The van der Waals surface area contributed by atoms with Crippen molar-refractivity contribution in [3.8, 4) is 0 Å². The Kier molecular flexibility index (Phi) is 8.88. The van der Waals surface area contributed by atoms with Crippen LogP contribution in [0.1, 0.15) is 56.9 Å². The zero-order valence-electron chi connectivity index (χ0n) is 17.9. The molecule has 31 heavy (non-hydrogen) atoms. The first-order valence-electron chi connectivity index (χ1n) is 11.2. The second kappa shape index (κ2) is 12.1. The molecule has 4 nitrogen and oxygen atoms in total.